The van der Waals surface area contributed by atoms with Crippen LogP contribution in [-0.2, 0) is 9.16 Å². The fraction of sp³-hybridized carbons (Fsp3) is 1.00. The molecule has 2 rings (SSSR count). The molecule has 1 heterocycles. The lowest BCUT2D eigenvalue weighted by Gasteiger charge is -2.18. The molecule has 2 fully saturated rings. The summed E-state index contributed by atoms with van der Waals surface area (Å²) in [6.45, 7) is 0. The number of epoxide rings is 1. The first-order chi connectivity index (χ1) is 6.90. The molecule has 0 N–H and O–H groups in total. The molecule has 1 saturated carbocycles. The van der Waals surface area contributed by atoms with Crippen LogP contribution in [-0.4, -0.2) is 29.1 Å². The number of fused-ring (bicyclic) bond motifs is 1. The molecular weight excluding hydrogens is 192 g/mol. The minimum atomic E-state index is -0.154. The summed E-state index contributed by atoms with van der Waals surface area (Å²) in [4.78, 5) is 0. The molecule has 0 aromatic carbocycles. The van der Waals surface area contributed by atoms with Gasteiger partial charge in [0, 0.05) is 7.11 Å². The average molecular weight is 214 g/mol. The van der Waals surface area contributed by atoms with Crippen LogP contribution in [0.25, 0.3) is 0 Å². The Kier molecular flexibility index (Phi) is 4.02. The number of hydrogen-bond donors (Lipinski definition) is 0. The molecule has 1 saturated heterocycles. The Balaban J connectivity index is 1.48. The zero-order valence-electron chi connectivity index (χ0n) is 9.21. The van der Waals surface area contributed by atoms with Crippen LogP contribution < -0.4 is 0 Å². The van der Waals surface area contributed by atoms with Crippen LogP contribution in [0.4, 0.5) is 0 Å². The third kappa shape index (κ3) is 3.07. The summed E-state index contributed by atoms with van der Waals surface area (Å²) in [5, 5.41) is 0. The second-order valence-corrected chi connectivity index (χ2v) is 6.43. The molecule has 0 amide bonds. The van der Waals surface area contributed by atoms with E-state index in [1.165, 1.54) is 44.6 Å². The van der Waals surface area contributed by atoms with E-state index in [1.807, 2.05) is 7.11 Å². The topological polar surface area (TPSA) is 21.8 Å². The Morgan fingerprint density at radius 3 is 3.00 bits per heavy atom. The third-order valence-corrected chi connectivity index (χ3v) is 4.77. The summed E-state index contributed by atoms with van der Waals surface area (Å²) in [7, 11) is 1.69. The summed E-state index contributed by atoms with van der Waals surface area (Å²) in [5.74, 6) is 0.975. The van der Waals surface area contributed by atoms with Gasteiger partial charge in [-0.05, 0) is 31.2 Å². The van der Waals surface area contributed by atoms with Crippen LogP contribution in [0.5, 0.6) is 0 Å². The average Bonchev–Trinajstić information content (AvgIpc) is 2.95. The smallest absolute Gasteiger partial charge is 0.161 e. The molecule has 2 aliphatic rings. The molecule has 3 unspecified atom stereocenters. The Morgan fingerprint density at radius 1 is 1.29 bits per heavy atom. The lowest BCUT2D eigenvalue weighted by molar-refractivity contribution is 0.345. The molecule has 2 nitrogen and oxygen atoms in total. The van der Waals surface area contributed by atoms with E-state index in [2.05, 4.69) is 0 Å². The van der Waals surface area contributed by atoms with Gasteiger partial charge in [-0.2, -0.15) is 0 Å². The van der Waals surface area contributed by atoms with E-state index in [0.717, 1.165) is 5.92 Å². The van der Waals surface area contributed by atoms with Crippen LogP contribution in [0.15, 0.2) is 0 Å². The zero-order chi connectivity index (χ0) is 9.80. The van der Waals surface area contributed by atoms with Gasteiger partial charge in [0.05, 0.1) is 12.2 Å². The largest absolute Gasteiger partial charge is 0.427 e. The monoisotopic (exact) mass is 214 g/mol. The van der Waals surface area contributed by atoms with Crippen molar-refractivity contribution in [2.24, 2.45) is 5.92 Å². The fourth-order valence-electron chi connectivity index (χ4n) is 2.61. The van der Waals surface area contributed by atoms with Crippen molar-refractivity contribution in [2.75, 3.05) is 7.11 Å². The van der Waals surface area contributed by atoms with Crippen molar-refractivity contribution in [2.45, 2.75) is 56.8 Å². The lowest BCUT2D eigenvalue weighted by Crippen LogP contribution is -2.13. The number of unbranched alkanes of at least 4 members (excludes halogenated alkanes) is 1. The predicted octanol–water partition coefficient (Wildman–Crippen LogP) is 1.87. The Hall–Kier alpha value is 0.137. The third-order valence-electron chi connectivity index (χ3n) is 3.57. The molecule has 0 spiro atoms. The van der Waals surface area contributed by atoms with Gasteiger partial charge in [0.2, 0.25) is 0 Å². The van der Waals surface area contributed by atoms with Gasteiger partial charge >= 0.3 is 0 Å². The van der Waals surface area contributed by atoms with Gasteiger partial charge in [-0.15, -0.1) is 0 Å². The lowest BCUT2D eigenvalue weighted by atomic mass is 9.86. The van der Waals surface area contributed by atoms with E-state index < -0.39 is 0 Å². The van der Waals surface area contributed by atoms with Crippen molar-refractivity contribution in [1.29, 1.82) is 0 Å². The van der Waals surface area contributed by atoms with Crippen LogP contribution >= 0.6 is 0 Å². The van der Waals surface area contributed by atoms with Crippen LogP contribution in [0, 0.1) is 5.92 Å². The molecule has 0 aromatic heterocycles. The van der Waals surface area contributed by atoms with Gasteiger partial charge in [0.15, 0.2) is 9.76 Å². The molecule has 0 aromatic rings. The minimum absolute atomic E-state index is 0.154. The van der Waals surface area contributed by atoms with Gasteiger partial charge in [0.1, 0.15) is 0 Å². The molecular formula is C11H22O2Si. The van der Waals surface area contributed by atoms with Gasteiger partial charge in [-0.25, -0.2) is 0 Å². The fourth-order valence-corrected chi connectivity index (χ4v) is 3.45. The zero-order valence-corrected chi connectivity index (χ0v) is 10.6. The summed E-state index contributed by atoms with van der Waals surface area (Å²) in [6.07, 6.45) is 9.70. The minimum Gasteiger partial charge on any atom is -0.427 e. The van der Waals surface area contributed by atoms with Crippen molar-refractivity contribution >= 4 is 9.76 Å². The normalized spacial score (nSPS) is 36.2. The molecule has 1 aliphatic heterocycles. The molecule has 3 atom stereocenters. The number of ether oxygens (including phenoxy) is 1. The summed E-state index contributed by atoms with van der Waals surface area (Å²) in [5.41, 5.74) is 0. The van der Waals surface area contributed by atoms with Crippen molar-refractivity contribution in [3.8, 4) is 0 Å². The SMILES string of the molecule is CO[SiH2]CCCCC1CCC2OC2C1. The first-order valence-corrected chi connectivity index (χ1v) is 7.62. The van der Waals surface area contributed by atoms with Crippen molar-refractivity contribution in [3.63, 3.8) is 0 Å². The van der Waals surface area contributed by atoms with E-state index in [1.54, 1.807) is 0 Å². The summed E-state index contributed by atoms with van der Waals surface area (Å²) < 4.78 is 10.7. The predicted molar refractivity (Wildman–Crippen MR) is 60.2 cm³/mol. The van der Waals surface area contributed by atoms with Crippen LogP contribution in [0.2, 0.25) is 6.04 Å². The highest BCUT2D eigenvalue weighted by Crippen LogP contribution is 2.41. The molecule has 14 heavy (non-hydrogen) atoms. The van der Waals surface area contributed by atoms with Gasteiger partial charge < -0.3 is 9.16 Å². The van der Waals surface area contributed by atoms with E-state index in [9.17, 15) is 0 Å². The Bertz CT molecular complexity index is 175. The highest BCUT2D eigenvalue weighted by Gasteiger charge is 2.43. The Labute approximate surface area is 89.3 Å². The molecule has 0 radical (unpaired) electrons. The van der Waals surface area contributed by atoms with E-state index in [4.69, 9.17) is 9.16 Å². The molecule has 3 heteroatoms. The van der Waals surface area contributed by atoms with Crippen LogP contribution in [0.1, 0.15) is 38.5 Å². The summed E-state index contributed by atoms with van der Waals surface area (Å²) in [6, 6.07) is 1.37. The van der Waals surface area contributed by atoms with E-state index >= 15 is 0 Å². The summed E-state index contributed by atoms with van der Waals surface area (Å²) >= 11 is 0. The highest BCUT2D eigenvalue weighted by molar-refractivity contribution is 6.26. The second-order valence-electron chi connectivity index (χ2n) is 4.73. The van der Waals surface area contributed by atoms with Gasteiger partial charge in [0.25, 0.3) is 0 Å². The Morgan fingerprint density at radius 2 is 2.21 bits per heavy atom. The quantitative estimate of drug-likeness (QED) is 0.382. The number of hydrogen-bond acceptors (Lipinski definition) is 2. The van der Waals surface area contributed by atoms with Gasteiger partial charge in [-0.1, -0.05) is 19.3 Å². The maximum absolute atomic E-state index is 5.54. The van der Waals surface area contributed by atoms with Crippen LogP contribution in [0.3, 0.4) is 0 Å². The molecule has 0 bridgehead atoms. The molecule has 82 valence electrons. The number of rotatable bonds is 6. The second kappa shape index (κ2) is 5.28. The standard InChI is InChI=1S/C11H22O2Si/c1-12-14-7-3-2-4-9-5-6-10-11(8-9)13-10/h9-11H,2-8,14H2,1H3. The molecule has 1 aliphatic carbocycles. The van der Waals surface area contributed by atoms with Crippen molar-refractivity contribution in [3.05, 3.63) is 0 Å². The highest BCUT2D eigenvalue weighted by atomic mass is 28.2. The first-order valence-electron chi connectivity index (χ1n) is 6.04. The van der Waals surface area contributed by atoms with Crippen molar-refractivity contribution < 1.29 is 9.16 Å². The van der Waals surface area contributed by atoms with E-state index in [-0.39, 0.29) is 9.76 Å². The maximum atomic E-state index is 5.54. The first kappa shape index (κ1) is 10.6. The van der Waals surface area contributed by atoms with Gasteiger partial charge in [-0.3, -0.25) is 0 Å². The maximum Gasteiger partial charge on any atom is 0.161 e. The van der Waals surface area contributed by atoms with E-state index in [0.29, 0.717) is 12.2 Å². The van der Waals surface area contributed by atoms with Crippen molar-refractivity contribution in [1.82, 2.24) is 0 Å².